The highest BCUT2D eigenvalue weighted by atomic mass is 32.1. The number of carbonyl (C=O) groups is 1. The molecule has 1 amide bonds. The molecule has 5 rings (SSSR count). The zero-order valence-corrected chi connectivity index (χ0v) is 16.2. The number of fused-ring (bicyclic) bond motifs is 2. The first-order chi connectivity index (χ1) is 14.1. The Morgan fingerprint density at radius 3 is 2.93 bits per heavy atom. The molecule has 0 spiro atoms. The fraction of sp³-hybridized carbons (Fsp3) is 0.0476. The van der Waals surface area contributed by atoms with Gasteiger partial charge in [0.15, 0.2) is 0 Å². The summed E-state index contributed by atoms with van der Waals surface area (Å²) in [5, 5.41) is 4.77. The Morgan fingerprint density at radius 2 is 2.10 bits per heavy atom. The van der Waals surface area contributed by atoms with E-state index in [-0.39, 0.29) is 5.56 Å². The molecule has 0 radical (unpaired) electrons. The van der Waals surface area contributed by atoms with Gasteiger partial charge in [-0.1, -0.05) is 6.07 Å². The first kappa shape index (κ1) is 17.3. The predicted molar refractivity (Wildman–Crippen MR) is 114 cm³/mol. The lowest BCUT2D eigenvalue weighted by Gasteiger charge is -2.06. The van der Waals surface area contributed by atoms with E-state index in [2.05, 4.69) is 20.3 Å². The highest BCUT2D eigenvalue weighted by Gasteiger charge is 2.14. The molecule has 29 heavy (non-hydrogen) atoms. The van der Waals surface area contributed by atoms with Gasteiger partial charge in [0.1, 0.15) is 17.0 Å². The van der Waals surface area contributed by atoms with Gasteiger partial charge in [-0.3, -0.25) is 14.0 Å². The molecular formula is C21H15N5O2S. The molecule has 8 heteroatoms. The van der Waals surface area contributed by atoms with Crippen LogP contribution in [0.2, 0.25) is 0 Å². The van der Waals surface area contributed by atoms with Gasteiger partial charge in [0.25, 0.3) is 11.5 Å². The number of imidazole rings is 1. The van der Waals surface area contributed by atoms with Gasteiger partial charge in [-0.25, -0.2) is 9.97 Å². The third-order valence-electron chi connectivity index (χ3n) is 4.60. The Hall–Kier alpha value is -3.78. The molecule has 0 saturated heterocycles. The summed E-state index contributed by atoms with van der Waals surface area (Å²) in [6, 6.07) is 12.9. The molecule has 0 aliphatic carbocycles. The SMILES string of the molecule is Cc1ccn2c(=O)c(C(=O)Nc3ccc4nc(-c5cccs5)[nH]c4c3)cnc2c1. The molecule has 0 aliphatic heterocycles. The van der Waals surface area contributed by atoms with Gasteiger partial charge in [0.2, 0.25) is 0 Å². The van der Waals surface area contributed by atoms with Crippen LogP contribution in [0, 0.1) is 6.92 Å². The number of hydrogen-bond acceptors (Lipinski definition) is 5. The van der Waals surface area contributed by atoms with Crippen molar-refractivity contribution < 1.29 is 4.79 Å². The van der Waals surface area contributed by atoms with E-state index in [1.165, 1.54) is 10.6 Å². The van der Waals surface area contributed by atoms with Crippen LogP contribution in [0.4, 0.5) is 5.69 Å². The Morgan fingerprint density at radius 1 is 1.21 bits per heavy atom. The third kappa shape index (κ3) is 3.09. The van der Waals surface area contributed by atoms with E-state index in [1.807, 2.05) is 30.5 Å². The molecule has 0 bridgehead atoms. The van der Waals surface area contributed by atoms with Crippen molar-refractivity contribution in [3.05, 3.63) is 81.7 Å². The van der Waals surface area contributed by atoms with Crippen LogP contribution in [-0.2, 0) is 0 Å². The summed E-state index contributed by atoms with van der Waals surface area (Å²) < 4.78 is 1.37. The van der Waals surface area contributed by atoms with Crippen molar-refractivity contribution in [1.82, 2.24) is 19.4 Å². The molecule has 0 saturated carbocycles. The summed E-state index contributed by atoms with van der Waals surface area (Å²) >= 11 is 1.60. The van der Waals surface area contributed by atoms with Crippen molar-refractivity contribution in [3.63, 3.8) is 0 Å². The quantitative estimate of drug-likeness (QED) is 0.480. The van der Waals surface area contributed by atoms with E-state index in [1.54, 1.807) is 41.8 Å². The van der Waals surface area contributed by atoms with Crippen LogP contribution >= 0.6 is 11.3 Å². The van der Waals surface area contributed by atoms with Gasteiger partial charge in [0, 0.05) is 18.1 Å². The standard InChI is InChI=1S/C21H15N5O2S/c1-12-6-7-26-18(9-12)22-11-14(21(26)28)20(27)23-13-4-5-15-16(10-13)25-19(24-15)17-3-2-8-29-17/h2-11H,1H3,(H,23,27)(H,24,25). The number of aromatic amines is 1. The fourth-order valence-corrected chi connectivity index (χ4v) is 3.82. The maximum atomic E-state index is 12.7. The molecule has 142 valence electrons. The zero-order chi connectivity index (χ0) is 20.0. The average Bonchev–Trinajstić information content (AvgIpc) is 3.37. The second-order valence-electron chi connectivity index (χ2n) is 6.66. The number of pyridine rings is 1. The minimum absolute atomic E-state index is 0.0182. The maximum absolute atomic E-state index is 12.7. The van der Waals surface area contributed by atoms with E-state index < -0.39 is 11.5 Å². The topological polar surface area (TPSA) is 92.1 Å². The van der Waals surface area contributed by atoms with Crippen molar-refractivity contribution in [1.29, 1.82) is 0 Å². The molecule has 2 N–H and O–H groups in total. The molecule has 0 fully saturated rings. The van der Waals surface area contributed by atoms with E-state index in [0.717, 1.165) is 27.3 Å². The minimum atomic E-state index is -0.505. The average molecular weight is 401 g/mol. The van der Waals surface area contributed by atoms with Crippen LogP contribution in [0.1, 0.15) is 15.9 Å². The lowest BCUT2D eigenvalue weighted by atomic mass is 10.2. The van der Waals surface area contributed by atoms with Crippen LogP contribution in [0.5, 0.6) is 0 Å². The highest BCUT2D eigenvalue weighted by Crippen LogP contribution is 2.26. The van der Waals surface area contributed by atoms with Crippen molar-refractivity contribution >= 4 is 39.6 Å². The Labute approximate surface area is 168 Å². The monoisotopic (exact) mass is 401 g/mol. The highest BCUT2D eigenvalue weighted by molar-refractivity contribution is 7.13. The van der Waals surface area contributed by atoms with E-state index in [0.29, 0.717) is 11.3 Å². The van der Waals surface area contributed by atoms with Crippen LogP contribution in [0.25, 0.3) is 27.4 Å². The lowest BCUT2D eigenvalue weighted by Crippen LogP contribution is -2.26. The number of anilines is 1. The molecule has 1 aromatic carbocycles. The number of hydrogen-bond donors (Lipinski definition) is 2. The van der Waals surface area contributed by atoms with Gasteiger partial charge in [-0.05, 0) is 54.3 Å². The van der Waals surface area contributed by atoms with Gasteiger partial charge in [-0.2, -0.15) is 0 Å². The van der Waals surface area contributed by atoms with Crippen LogP contribution < -0.4 is 10.9 Å². The van der Waals surface area contributed by atoms with Gasteiger partial charge >= 0.3 is 0 Å². The number of aryl methyl sites for hydroxylation is 1. The molecule has 5 aromatic rings. The van der Waals surface area contributed by atoms with Crippen LogP contribution in [0.3, 0.4) is 0 Å². The van der Waals surface area contributed by atoms with Gasteiger partial charge < -0.3 is 10.3 Å². The summed E-state index contributed by atoms with van der Waals surface area (Å²) in [5.74, 6) is 0.278. The number of H-pyrrole nitrogens is 1. The van der Waals surface area contributed by atoms with Crippen LogP contribution in [0.15, 0.2) is 65.0 Å². The van der Waals surface area contributed by atoms with Crippen molar-refractivity contribution in [3.8, 4) is 10.7 Å². The Kier molecular flexibility index (Phi) is 3.99. The number of carbonyl (C=O) groups excluding carboxylic acids is 1. The summed E-state index contributed by atoms with van der Waals surface area (Å²) in [4.78, 5) is 38.5. The second-order valence-corrected chi connectivity index (χ2v) is 7.61. The molecule has 0 aliphatic rings. The Bertz CT molecular complexity index is 1430. The molecular weight excluding hydrogens is 386 g/mol. The fourth-order valence-electron chi connectivity index (χ4n) is 3.15. The summed E-state index contributed by atoms with van der Waals surface area (Å²) in [7, 11) is 0. The lowest BCUT2D eigenvalue weighted by molar-refractivity contribution is 0.102. The normalized spacial score (nSPS) is 11.2. The minimum Gasteiger partial charge on any atom is -0.337 e. The van der Waals surface area contributed by atoms with E-state index in [4.69, 9.17) is 0 Å². The van der Waals surface area contributed by atoms with E-state index in [9.17, 15) is 9.59 Å². The largest absolute Gasteiger partial charge is 0.337 e. The van der Waals surface area contributed by atoms with Crippen molar-refractivity contribution in [2.24, 2.45) is 0 Å². The Balaban J connectivity index is 1.46. The zero-order valence-electron chi connectivity index (χ0n) is 15.3. The first-order valence-electron chi connectivity index (χ1n) is 8.91. The number of thiophene rings is 1. The summed E-state index contributed by atoms with van der Waals surface area (Å²) in [6.45, 7) is 1.92. The molecule has 0 unspecified atom stereocenters. The predicted octanol–water partition coefficient (Wildman–Crippen LogP) is 3.86. The van der Waals surface area contributed by atoms with E-state index >= 15 is 0 Å². The van der Waals surface area contributed by atoms with Crippen molar-refractivity contribution in [2.75, 3.05) is 5.32 Å². The summed E-state index contributed by atoms with van der Waals surface area (Å²) in [6.07, 6.45) is 2.94. The van der Waals surface area contributed by atoms with Crippen molar-refractivity contribution in [2.45, 2.75) is 6.92 Å². The number of benzene rings is 1. The number of aromatic nitrogens is 4. The number of rotatable bonds is 3. The third-order valence-corrected chi connectivity index (χ3v) is 5.48. The number of nitrogens with zero attached hydrogens (tertiary/aromatic N) is 3. The second kappa shape index (κ2) is 6.68. The molecule has 7 nitrogen and oxygen atoms in total. The maximum Gasteiger partial charge on any atom is 0.270 e. The summed E-state index contributed by atoms with van der Waals surface area (Å²) in [5.41, 5.74) is 3.24. The number of amides is 1. The number of nitrogens with one attached hydrogen (secondary N) is 2. The molecule has 4 aromatic heterocycles. The first-order valence-corrected chi connectivity index (χ1v) is 9.79. The smallest absolute Gasteiger partial charge is 0.270 e. The van der Waals surface area contributed by atoms with Crippen LogP contribution in [-0.4, -0.2) is 25.3 Å². The molecule has 4 heterocycles. The molecule has 0 atom stereocenters. The van der Waals surface area contributed by atoms with Gasteiger partial charge in [0.05, 0.1) is 15.9 Å². The van der Waals surface area contributed by atoms with Gasteiger partial charge in [-0.15, -0.1) is 11.3 Å².